The first kappa shape index (κ1) is 10.1. The summed E-state index contributed by atoms with van der Waals surface area (Å²) in [6.45, 7) is 6.29. The summed E-state index contributed by atoms with van der Waals surface area (Å²) in [6, 6.07) is 0. The van der Waals surface area contributed by atoms with Crippen LogP contribution in [0.15, 0.2) is 11.5 Å². The van der Waals surface area contributed by atoms with Crippen LogP contribution < -0.4 is 0 Å². The van der Waals surface area contributed by atoms with Crippen LogP contribution >= 0.6 is 0 Å². The third-order valence-electron chi connectivity index (χ3n) is 1.98. The maximum atomic E-state index is 11.5. The molecule has 3 nitrogen and oxygen atoms in total. The first-order valence-electron chi connectivity index (χ1n) is 4.75. The summed E-state index contributed by atoms with van der Waals surface area (Å²) in [5.41, 5.74) is 0. The van der Waals surface area contributed by atoms with Crippen molar-refractivity contribution in [3.8, 4) is 0 Å². The molecule has 0 N–H and O–H groups in total. The molecule has 74 valence electrons. The Morgan fingerprint density at radius 3 is 2.62 bits per heavy atom. The number of ether oxygens (including phenoxy) is 2. The zero-order valence-electron chi connectivity index (χ0n) is 8.42. The van der Waals surface area contributed by atoms with Gasteiger partial charge in [0.1, 0.15) is 5.76 Å². The highest BCUT2D eigenvalue weighted by atomic mass is 16.5. The van der Waals surface area contributed by atoms with E-state index in [1.54, 1.807) is 6.92 Å². The fraction of sp³-hybridized carbons (Fsp3) is 0.700. The molecule has 1 unspecified atom stereocenters. The number of carbonyl (C=O) groups excluding carboxylic acids is 1. The molecular weight excluding hydrogens is 168 g/mol. The minimum absolute atomic E-state index is 0.00606. The van der Waals surface area contributed by atoms with Crippen molar-refractivity contribution in [2.45, 2.75) is 39.7 Å². The van der Waals surface area contributed by atoms with E-state index in [2.05, 4.69) is 0 Å². The van der Waals surface area contributed by atoms with Crippen molar-refractivity contribution >= 4 is 5.78 Å². The topological polar surface area (TPSA) is 35.5 Å². The van der Waals surface area contributed by atoms with Crippen LogP contribution in [-0.4, -0.2) is 18.5 Å². The molecule has 1 aliphatic heterocycles. The molecule has 1 heterocycles. The lowest BCUT2D eigenvalue weighted by Crippen LogP contribution is -2.18. The van der Waals surface area contributed by atoms with Gasteiger partial charge < -0.3 is 9.47 Å². The Hall–Kier alpha value is -0.990. The summed E-state index contributed by atoms with van der Waals surface area (Å²) >= 11 is 0. The third kappa shape index (κ3) is 2.02. The normalized spacial score (nSPS) is 22.1. The molecule has 0 bridgehead atoms. The van der Waals surface area contributed by atoms with Gasteiger partial charge in [-0.25, -0.2) is 0 Å². The first-order chi connectivity index (χ1) is 6.20. The van der Waals surface area contributed by atoms with E-state index in [9.17, 15) is 4.79 Å². The van der Waals surface area contributed by atoms with Gasteiger partial charge in [0.05, 0.1) is 6.61 Å². The largest absolute Gasteiger partial charge is 0.487 e. The summed E-state index contributed by atoms with van der Waals surface area (Å²) in [6.07, 6.45) is 1.29. The molecule has 0 saturated carbocycles. The molecule has 0 aromatic heterocycles. The van der Waals surface area contributed by atoms with Crippen LogP contribution in [0, 0.1) is 0 Å². The van der Waals surface area contributed by atoms with E-state index in [-0.39, 0.29) is 11.9 Å². The third-order valence-corrected chi connectivity index (χ3v) is 1.98. The fourth-order valence-corrected chi connectivity index (χ4v) is 1.29. The van der Waals surface area contributed by atoms with Crippen LogP contribution in [0.5, 0.6) is 0 Å². The fourth-order valence-electron chi connectivity index (χ4n) is 1.29. The van der Waals surface area contributed by atoms with E-state index >= 15 is 0 Å². The highest BCUT2D eigenvalue weighted by molar-refractivity contribution is 5.99. The Morgan fingerprint density at radius 1 is 1.46 bits per heavy atom. The van der Waals surface area contributed by atoms with E-state index in [0.717, 1.165) is 6.42 Å². The maximum Gasteiger partial charge on any atom is 0.241 e. The number of carbonyl (C=O) groups is 1. The molecule has 0 radical (unpaired) electrons. The zero-order chi connectivity index (χ0) is 9.84. The van der Waals surface area contributed by atoms with E-state index in [1.807, 2.05) is 13.8 Å². The van der Waals surface area contributed by atoms with Gasteiger partial charge in [-0.2, -0.15) is 0 Å². The molecule has 0 aromatic carbocycles. The molecule has 1 rings (SSSR count). The smallest absolute Gasteiger partial charge is 0.241 e. The van der Waals surface area contributed by atoms with Gasteiger partial charge in [-0.15, -0.1) is 0 Å². The van der Waals surface area contributed by atoms with Gasteiger partial charge in [0.2, 0.25) is 11.5 Å². The van der Waals surface area contributed by atoms with Gasteiger partial charge in [-0.05, 0) is 19.8 Å². The Labute approximate surface area is 78.7 Å². The Morgan fingerprint density at radius 2 is 2.15 bits per heavy atom. The van der Waals surface area contributed by atoms with Gasteiger partial charge >= 0.3 is 0 Å². The average Bonchev–Trinajstić information content (AvgIpc) is 2.39. The molecule has 3 heteroatoms. The molecule has 0 amide bonds. The number of Topliss-reactive ketones (excluding diaryl/α,β-unsaturated/α-hetero) is 1. The van der Waals surface area contributed by atoms with Gasteiger partial charge in [-0.3, -0.25) is 4.79 Å². The van der Waals surface area contributed by atoms with E-state index in [1.165, 1.54) is 0 Å². The van der Waals surface area contributed by atoms with E-state index in [4.69, 9.17) is 9.47 Å². The summed E-state index contributed by atoms with van der Waals surface area (Å²) in [5.74, 6) is 1.05. The highest BCUT2D eigenvalue weighted by Gasteiger charge is 2.32. The van der Waals surface area contributed by atoms with Crippen molar-refractivity contribution in [2.75, 3.05) is 6.61 Å². The number of ketones is 1. The summed E-state index contributed by atoms with van der Waals surface area (Å²) in [7, 11) is 0. The van der Waals surface area contributed by atoms with Crippen molar-refractivity contribution in [3.63, 3.8) is 0 Å². The minimum Gasteiger partial charge on any atom is -0.487 e. The minimum atomic E-state index is -0.313. The molecule has 0 fully saturated rings. The van der Waals surface area contributed by atoms with Crippen molar-refractivity contribution in [1.82, 2.24) is 0 Å². The second-order valence-electron chi connectivity index (χ2n) is 3.11. The molecule has 0 aromatic rings. The molecule has 1 atom stereocenters. The molecule has 0 spiro atoms. The Bertz CT molecular complexity index is 230. The predicted molar refractivity (Wildman–Crippen MR) is 49.1 cm³/mol. The summed E-state index contributed by atoms with van der Waals surface area (Å²) in [4.78, 5) is 11.5. The second kappa shape index (κ2) is 4.30. The summed E-state index contributed by atoms with van der Waals surface area (Å²) < 4.78 is 10.7. The lowest BCUT2D eigenvalue weighted by atomic mass is 10.2. The van der Waals surface area contributed by atoms with Crippen LogP contribution in [0.1, 0.15) is 33.6 Å². The van der Waals surface area contributed by atoms with Gasteiger partial charge in [0.25, 0.3) is 0 Å². The van der Waals surface area contributed by atoms with Crippen molar-refractivity contribution in [3.05, 3.63) is 11.5 Å². The molecule has 1 aliphatic rings. The van der Waals surface area contributed by atoms with Gasteiger partial charge in [-0.1, -0.05) is 13.8 Å². The predicted octanol–water partition coefficient (Wildman–Crippen LogP) is 2.02. The zero-order valence-corrected chi connectivity index (χ0v) is 8.42. The number of rotatable bonds is 4. The lowest BCUT2D eigenvalue weighted by molar-refractivity contribution is -0.123. The monoisotopic (exact) mass is 184 g/mol. The van der Waals surface area contributed by atoms with Crippen LogP contribution in [0.2, 0.25) is 0 Å². The first-order valence-corrected chi connectivity index (χ1v) is 4.75. The van der Waals surface area contributed by atoms with Crippen LogP contribution in [0.25, 0.3) is 0 Å². The van der Waals surface area contributed by atoms with Gasteiger partial charge in [0, 0.05) is 0 Å². The number of hydrogen-bond acceptors (Lipinski definition) is 3. The SMILES string of the molecule is CCCOC1=C(C)OC(CC)C1=O. The lowest BCUT2D eigenvalue weighted by Gasteiger charge is -2.05. The molecular formula is C10H16O3. The van der Waals surface area contributed by atoms with Crippen molar-refractivity contribution in [2.24, 2.45) is 0 Å². The van der Waals surface area contributed by atoms with Crippen molar-refractivity contribution in [1.29, 1.82) is 0 Å². The Balaban J connectivity index is 2.61. The van der Waals surface area contributed by atoms with Crippen LogP contribution in [-0.2, 0) is 14.3 Å². The number of allylic oxidation sites excluding steroid dienone is 1. The van der Waals surface area contributed by atoms with E-state index < -0.39 is 0 Å². The highest BCUT2D eigenvalue weighted by Crippen LogP contribution is 2.24. The molecule has 0 aliphatic carbocycles. The molecule has 0 saturated heterocycles. The van der Waals surface area contributed by atoms with Gasteiger partial charge in [0.15, 0.2) is 6.10 Å². The quantitative estimate of drug-likeness (QED) is 0.670. The molecule has 13 heavy (non-hydrogen) atoms. The maximum absolute atomic E-state index is 11.5. The second-order valence-corrected chi connectivity index (χ2v) is 3.11. The standard InChI is InChI=1S/C10H16O3/c1-4-6-12-10-7(3)13-8(5-2)9(10)11/h8H,4-6H2,1-3H3. The van der Waals surface area contributed by atoms with Crippen LogP contribution in [0.3, 0.4) is 0 Å². The number of hydrogen-bond donors (Lipinski definition) is 0. The Kier molecular flexibility index (Phi) is 3.34. The summed E-state index contributed by atoms with van der Waals surface area (Å²) in [5, 5.41) is 0. The van der Waals surface area contributed by atoms with Crippen LogP contribution in [0.4, 0.5) is 0 Å². The average molecular weight is 184 g/mol. The van der Waals surface area contributed by atoms with Crippen molar-refractivity contribution < 1.29 is 14.3 Å². The van der Waals surface area contributed by atoms with E-state index in [0.29, 0.717) is 24.5 Å².